The first-order valence-electron chi connectivity index (χ1n) is 4.53. The number of rotatable bonds is 1. The van der Waals surface area contributed by atoms with Crippen molar-refractivity contribution >= 4 is 0 Å². The molecule has 0 radical (unpaired) electrons. The van der Waals surface area contributed by atoms with Gasteiger partial charge in [-0.3, -0.25) is 4.68 Å². The van der Waals surface area contributed by atoms with E-state index in [-0.39, 0.29) is 6.10 Å². The molecule has 1 aliphatic rings. The molecule has 1 fully saturated rings. The second kappa shape index (κ2) is 3.27. The summed E-state index contributed by atoms with van der Waals surface area (Å²) in [5, 5.41) is 13.5. The molecule has 1 N–H and O–H groups in total. The highest BCUT2D eigenvalue weighted by molar-refractivity contribution is 4.84. The third kappa shape index (κ3) is 1.50. The van der Waals surface area contributed by atoms with Crippen LogP contribution < -0.4 is 0 Å². The molecule has 0 amide bonds. The standard InChI is InChI=1S/C9H14N2O/c12-9-4-2-8(3-5-9)11-7-1-6-10-11/h1,6-9,12H,2-5H2. The number of aromatic nitrogens is 2. The SMILES string of the molecule is OC1CCC(n2cccn2)CC1. The van der Waals surface area contributed by atoms with Gasteiger partial charge in [-0.1, -0.05) is 0 Å². The Morgan fingerprint density at radius 3 is 2.58 bits per heavy atom. The van der Waals surface area contributed by atoms with Crippen molar-refractivity contribution in [3.63, 3.8) is 0 Å². The molecule has 0 bridgehead atoms. The molecule has 0 spiro atoms. The second-order valence-corrected chi connectivity index (χ2v) is 3.45. The minimum absolute atomic E-state index is 0.0724. The number of hydrogen-bond acceptors (Lipinski definition) is 2. The van der Waals surface area contributed by atoms with E-state index in [1.54, 1.807) is 0 Å². The third-order valence-electron chi connectivity index (χ3n) is 2.57. The number of aliphatic hydroxyl groups excluding tert-OH is 1. The second-order valence-electron chi connectivity index (χ2n) is 3.45. The quantitative estimate of drug-likeness (QED) is 0.684. The van der Waals surface area contributed by atoms with Crippen molar-refractivity contribution < 1.29 is 5.11 Å². The fourth-order valence-corrected chi connectivity index (χ4v) is 1.82. The van der Waals surface area contributed by atoms with Gasteiger partial charge in [0.1, 0.15) is 0 Å². The lowest BCUT2D eigenvalue weighted by Crippen LogP contribution is -2.21. The van der Waals surface area contributed by atoms with E-state index < -0.39 is 0 Å². The fraction of sp³-hybridized carbons (Fsp3) is 0.667. The van der Waals surface area contributed by atoms with Gasteiger partial charge in [-0.25, -0.2) is 0 Å². The van der Waals surface area contributed by atoms with Crippen molar-refractivity contribution in [2.75, 3.05) is 0 Å². The van der Waals surface area contributed by atoms with Crippen molar-refractivity contribution in [2.45, 2.75) is 37.8 Å². The van der Waals surface area contributed by atoms with Gasteiger partial charge in [0.15, 0.2) is 0 Å². The van der Waals surface area contributed by atoms with Crippen molar-refractivity contribution in [1.82, 2.24) is 9.78 Å². The lowest BCUT2D eigenvalue weighted by atomic mass is 9.93. The van der Waals surface area contributed by atoms with Crippen LogP contribution in [0, 0.1) is 0 Å². The normalized spacial score (nSPS) is 30.4. The van der Waals surface area contributed by atoms with Crippen LogP contribution in [0.5, 0.6) is 0 Å². The van der Waals surface area contributed by atoms with Gasteiger partial charge >= 0.3 is 0 Å². The van der Waals surface area contributed by atoms with Crippen LogP contribution in [0.1, 0.15) is 31.7 Å². The summed E-state index contributed by atoms with van der Waals surface area (Å²) in [5.41, 5.74) is 0. The monoisotopic (exact) mass is 166 g/mol. The molecule has 0 atom stereocenters. The molecule has 1 saturated carbocycles. The van der Waals surface area contributed by atoms with Gasteiger partial charge in [-0.15, -0.1) is 0 Å². The van der Waals surface area contributed by atoms with Crippen LogP contribution in [-0.4, -0.2) is 21.0 Å². The van der Waals surface area contributed by atoms with Gasteiger partial charge in [0.2, 0.25) is 0 Å². The Labute approximate surface area is 72.0 Å². The van der Waals surface area contributed by atoms with Crippen molar-refractivity contribution in [2.24, 2.45) is 0 Å². The van der Waals surface area contributed by atoms with E-state index in [4.69, 9.17) is 0 Å². The van der Waals surface area contributed by atoms with Crippen molar-refractivity contribution in [3.8, 4) is 0 Å². The van der Waals surface area contributed by atoms with Crippen LogP contribution in [0.4, 0.5) is 0 Å². The molecule has 0 saturated heterocycles. The van der Waals surface area contributed by atoms with E-state index in [9.17, 15) is 5.11 Å². The van der Waals surface area contributed by atoms with Crippen molar-refractivity contribution in [3.05, 3.63) is 18.5 Å². The zero-order valence-electron chi connectivity index (χ0n) is 7.06. The Hall–Kier alpha value is -0.830. The molecule has 0 unspecified atom stereocenters. The summed E-state index contributed by atoms with van der Waals surface area (Å²) in [5.74, 6) is 0. The predicted molar refractivity (Wildman–Crippen MR) is 45.7 cm³/mol. The van der Waals surface area contributed by atoms with E-state index in [2.05, 4.69) is 5.10 Å². The van der Waals surface area contributed by atoms with Gasteiger partial charge in [-0.05, 0) is 31.7 Å². The van der Waals surface area contributed by atoms with Crippen LogP contribution in [0.2, 0.25) is 0 Å². The molecule has 0 aromatic carbocycles. The molecule has 12 heavy (non-hydrogen) atoms. The summed E-state index contributed by atoms with van der Waals surface area (Å²) >= 11 is 0. The summed E-state index contributed by atoms with van der Waals surface area (Å²) in [4.78, 5) is 0. The fourth-order valence-electron chi connectivity index (χ4n) is 1.82. The predicted octanol–water partition coefficient (Wildman–Crippen LogP) is 1.36. The van der Waals surface area contributed by atoms with Crippen LogP contribution in [-0.2, 0) is 0 Å². The van der Waals surface area contributed by atoms with E-state index >= 15 is 0 Å². The molecule has 1 aromatic rings. The molecule has 66 valence electrons. The Balaban J connectivity index is 1.99. The average Bonchev–Trinajstić information content (AvgIpc) is 2.58. The Kier molecular flexibility index (Phi) is 2.13. The summed E-state index contributed by atoms with van der Waals surface area (Å²) in [7, 11) is 0. The number of hydrogen-bond donors (Lipinski definition) is 1. The van der Waals surface area contributed by atoms with Crippen LogP contribution in [0.15, 0.2) is 18.5 Å². The largest absolute Gasteiger partial charge is 0.393 e. The molecule has 3 nitrogen and oxygen atoms in total. The van der Waals surface area contributed by atoms with Gasteiger partial charge < -0.3 is 5.11 Å². The zero-order valence-corrected chi connectivity index (χ0v) is 7.06. The van der Waals surface area contributed by atoms with Crippen molar-refractivity contribution in [1.29, 1.82) is 0 Å². The smallest absolute Gasteiger partial charge is 0.0541 e. The average molecular weight is 166 g/mol. The van der Waals surface area contributed by atoms with E-state index in [1.165, 1.54) is 0 Å². The Morgan fingerprint density at radius 2 is 2.00 bits per heavy atom. The minimum Gasteiger partial charge on any atom is -0.393 e. The highest BCUT2D eigenvalue weighted by Crippen LogP contribution is 2.27. The molecule has 0 aliphatic heterocycles. The summed E-state index contributed by atoms with van der Waals surface area (Å²) in [6.45, 7) is 0. The Bertz CT molecular complexity index is 225. The number of aliphatic hydroxyl groups is 1. The highest BCUT2D eigenvalue weighted by Gasteiger charge is 2.20. The topological polar surface area (TPSA) is 38.0 Å². The molecule has 1 aromatic heterocycles. The molecular formula is C9H14N2O. The maximum absolute atomic E-state index is 9.29. The van der Waals surface area contributed by atoms with Gasteiger partial charge in [0.05, 0.1) is 12.1 Å². The zero-order chi connectivity index (χ0) is 8.39. The number of nitrogens with zero attached hydrogens (tertiary/aromatic N) is 2. The summed E-state index contributed by atoms with van der Waals surface area (Å²) in [6, 6.07) is 2.47. The van der Waals surface area contributed by atoms with Crippen LogP contribution in [0.3, 0.4) is 0 Å². The summed E-state index contributed by atoms with van der Waals surface area (Å²) in [6.07, 6.45) is 7.70. The first kappa shape index (κ1) is 7.80. The summed E-state index contributed by atoms with van der Waals surface area (Å²) < 4.78 is 2.01. The minimum atomic E-state index is -0.0724. The first-order chi connectivity index (χ1) is 5.86. The first-order valence-corrected chi connectivity index (χ1v) is 4.53. The highest BCUT2D eigenvalue weighted by atomic mass is 16.3. The van der Waals surface area contributed by atoms with Gasteiger partial charge in [0, 0.05) is 12.4 Å². The Morgan fingerprint density at radius 1 is 1.25 bits per heavy atom. The van der Waals surface area contributed by atoms with Gasteiger partial charge in [0.25, 0.3) is 0 Å². The lowest BCUT2D eigenvalue weighted by Gasteiger charge is -2.25. The molecular weight excluding hydrogens is 152 g/mol. The van der Waals surface area contributed by atoms with E-state index in [1.807, 2.05) is 23.1 Å². The molecule has 3 heteroatoms. The van der Waals surface area contributed by atoms with E-state index in [0.29, 0.717) is 6.04 Å². The van der Waals surface area contributed by atoms with Crippen LogP contribution >= 0.6 is 0 Å². The molecule has 1 aliphatic carbocycles. The molecule has 1 heterocycles. The lowest BCUT2D eigenvalue weighted by molar-refractivity contribution is 0.108. The molecule has 2 rings (SSSR count). The van der Waals surface area contributed by atoms with Crippen LogP contribution in [0.25, 0.3) is 0 Å². The maximum Gasteiger partial charge on any atom is 0.0541 e. The maximum atomic E-state index is 9.29. The van der Waals surface area contributed by atoms with E-state index in [0.717, 1.165) is 25.7 Å². The van der Waals surface area contributed by atoms with Gasteiger partial charge in [-0.2, -0.15) is 5.10 Å². The third-order valence-corrected chi connectivity index (χ3v) is 2.57.